The van der Waals surface area contributed by atoms with Crippen LogP contribution in [0.2, 0.25) is 0 Å². The predicted octanol–water partition coefficient (Wildman–Crippen LogP) is 3.33. The van der Waals surface area contributed by atoms with Gasteiger partial charge in [0.15, 0.2) is 0 Å². The van der Waals surface area contributed by atoms with Gasteiger partial charge in [0.1, 0.15) is 6.67 Å². The van der Waals surface area contributed by atoms with E-state index in [9.17, 15) is 4.39 Å². The average Bonchev–Trinajstić information content (AvgIpc) is 2.79. The van der Waals surface area contributed by atoms with Crippen molar-refractivity contribution in [1.82, 2.24) is 9.88 Å². The van der Waals surface area contributed by atoms with Gasteiger partial charge in [0.25, 0.3) is 0 Å². The van der Waals surface area contributed by atoms with E-state index in [0.29, 0.717) is 6.54 Å². The SMILES string of the molecule is CSc1ccc2[nH]cc(CCN(C)CCF)c2c1. The van der Waals surface area contributed by atoms with Gasteiger partial charge in [-0.1, -0.05) is 0 Å². The number of aromatic amines is 1. The highest BCUT2D eigenvalue weighted by atomic mass is 32.2. The maximum atomic E-state index is 12.2. The zero-order valence-electron chi connectivity index (χ0n) is 10.9. The summed E-state index contributed by atoms with van der Waals surface area (Å²) in [4.78, 5) is 6.60. The Bertz CT molecular complexity index is 509. The molecular weight excluding hydrogens is 247 g/mol. The van der Waals surface area contributed by atoms with Crippen LogP contribution in [0.3, 0.4) is 0 Å². The largest absolute Gasteiger partial charge is 0.361 e. The molecule has 0 saturated heterocycles. The van der Waals surface area contributed by atoms with Crippen molar-refractivity contribution in [2.75, 3.05) is 33.1 Å². The lowest BCUT2D eigenvalue weighted by molar-refractivity contribution is 0.298. The molecule has 0 bridgehead atoms. The molecule has 0 atom stereocenters. The summed E-state index contributed by atoms with van der Waals surface area (Å²) in [6, 6.07) is 6.47. The molecule has 1 heterocycles. The number of halogens is 1. The third-order valence-electron chi connectivity index (χ3n) is 3.20. The van der Waals surface area contributed by atoms with Crippen LogP contribution in [0.15, 0.2) is 29.3 Å². The minimum absolute atomic E-state index is 0.277. The highest BCUT2D eigenvalue weighted by Crippen LogP contribution is 2.24. The standard InChI is InChI=1S/C14H19FN2S/c1-17(8-6-15)7-5-11-10-16-14-4-3-12(18-2)9-13(11)14/h3-4,9-10,16H,5-8H2,1-2H3. The molecule has 2 aromatic rings. The van der Waals surface area contributed by atoms with E-state index < -0.39 is 0 Å². The molecule has 2 rings (SSSR count). The fraction of sp³-hybridized carbons (Fsp3) is 0.429. The molecule has 18 heavy (non-hydrogen) atoms. The number of alkyl halides is 1. The second-order valence-electron chi connectivity index (χ2n) is 4.47. The van der Waals surface area contributed by atoms with Crippen LogP contribution in [0.5, 0.6) is 0 Å². The summed E-state index contributed by atoms with van der Waals surface area (Å²) in [6.07, 6.45) is 5.11. The number of hydrogen-bond acceptors (Lipinski definition) is 2. The van der Waals surface area contributed by atoms with E-state index in [1.54, 1.807) is 11.8 Å². The molecule has 0 aliphatic carbocycles. The minimum atomic E-state index is -0.277. The fourth-order valence-corrected chi connectivity index (χ4v) is 2.50. The van der Waals surface area contributed by atoms with Crippen LogP contribution in [0.25, 0.3) is 10.9 Å². The van der Waals surface area contributed by atoms with E-state index in [1.165, 1.54) is 21.4 Å². The van der Waals surface area contributed by atoms with E-state index in [2.05, 4.69) is 35.6 Å². The van der Waals surface area contributed by atoms with Crippen molar-refractivity contribution >= 4 is 22.7 Å². The highest BCUT2D eigenvalue weighted by molar-refractivity contribution is 7.98. The first kappa shape index (κ1) is 13.4. The van der Waals surface area contributed by atoms with Crippen molar-refractivity contribution in [2.24, 2.45) is 0 Å². The van der Waals surface area contributed by atoms with Gasteiger partial charge < -0.3 is 9.88 Å². The maximum absolute atomic E-state index is 12.2. The summed E-state index contributed by atoms with van der Waals surface area (Å²) >= 11 is 1.75. The summed E-state index contributed by atoms with van der Waals surface area (Å²) < 4.78 is 12.2. The Kier molecular flexibility index (Phi) is 4.66. The van der Waals surface area contributed by atoms with Crippen molar-refractivity contribution in [1.29, 1.82) is 0 Å². The van der Waals surface area contributed by atoms with Crippen LogP contribution >= 0.6 is 11.8 Å². The van der Waals surface area contributed by atoms with Crippen LogP contribution in [0.4, 0.5) is 4.39 Å². The highest BCUT2D eigenvalue weighted by Gasteiger charge is 2.06. The zero-order chi connectivity index (χ0) is 13.0. The number of nitrogens with zero attached hydrogens (tertiary/aromatic N) is 1. The summed E-state index contributed by atoms with van der Waals surface area (Å²) in [5.74, 6) is 0. The van der Waals surface area contributed by atoms with Crippen molar-refractivity contribution in [3.8, 4) is 0 Å². The number of likely N-dealkylation sites (N-methyl/N-ethyl adjacent to an activating group) is 1. The monoisotopic (exact) mass is 266 g/mol. The van der Waals surface area contributed by atoms with Gasteiger partial charge in [-0.2, -0.15) is 0 Å². The third-order valence-corrected chi connectivity index (χ3v) is 3.93. The number of hydrogen-bond donors (Lipinski definition) is 1. The van der Waals surface area contributed by atoms with E-state index >= 15 is 0 Å². The summed E-state index contributed by atoms with van der Waals surface area (Å²) in [6.45, 7) is 1.12. The van der Waals surface area contributed by atoms with Crippen LogP contribution in [0.1, 0.15) is 5.56 Å². The fourth-order valence-electron chi connectivity index (χ4n) is 2.06. The van der Waals surface area contributed by atoms with Gasteiger partial charge in [0.2, 0.25) is 0 Å². The lowest BCUT2D eigenvalue weighted by Crippen LogP contribution is -2.23. The first-order chi connectivity index (χ1) is 8.74. The number of rotatable bonds is 6. The molecule has 4 heteroatoms. The molecule has 0 unspecified atom stereocenters. The molecule has 0 saturated carbocycles. The van der Waals surface area contributed by atoms with Crippen LogP contribution < -0.4 is 0 Å². The molecule has 1 aromatic heterocycles. The Balaban J connectivity index is 2.12. The summed E-state index contributed by atoms with van der Waals surface area (Å²) in [5, 5.41) is 1.29. The smallest absolute Gasteiger partial charge is 0.102 e. The molecule has 0 fully saturated rings. The number of fused-ring (bicyclic) bond motifs is 1. The van der Waals surface area contributed by atoms with Gasteiger partial charge in [0, 0.05) is 35.1 Å². The molecule has 1 N–H and O–H groups in total. The average molecular weight is 266 g/mol. The molecular formula is C14H19FN2S. The predicted molar refractivity (Wildman–Crippen MR) is 77.3 cm³/mol. The maximum Gasteiger partial charge on any atom is 0.102 e. The second kappa shape index (κ2) is 6.25. The Morgan fingerprint density at radius 2 is 2.17 bits per heavy atom. The van der Waals surface area contributed by atoms with Gasteiger partial charge in [-0.3, -0.25) is 0 Å². The zero-order valence-corrected chi connectivity index (χ0v) is 11.7. The number of H-pyrrole nitrogens is 1. The Morgan fingerprint density at radius 3 is 2.89 bits per heavy atom. The number of nitrogens with one attached hydrogen (secondary N) is 1. The molecule has 0 aliphatic rings. The number of thioether (sulfide) groups is 1. The molecule has 98 valence electrons. The molecule has 0 radical (unpaired) electrons. The minimum Gasteiger partial charge on any atom is -0.361 e. The van der Waals surface area contributed by atoms with E-state index in [4.69, 9.17) is 0 Å². The van der Waals surface area contributed by atoms with Gasteiger partial charge in [-0.15, -0.1) is 11.8 Å². The Labute approximate surface area is 112 Å². The first-order valence-electron chi connectivity index (χ1n) is 6.13. The van der Waals surface area contributed by atoms with Crippen molar-refractivity contribution < 1.29 is 4.39 Å². The third kappa shape index (κ3) is 3.06. The van der Waals surface area contributed by atoms with E-state index in [-0.39, 0.29) is 6.67 Å². The quantitative estimate of drug-likeness (QED) is 0.809. The van der Waals surface area contributed by atoms with Gasteiger partial charge in [-0.25, -0.2) is 4.39 Å². The molecule has 0 aliphatic heterocycles. The van der Waals surface area contributed by atoms with E-state index in [1.807, 2.05) is 11.9 Å². The lowest BCUT2D eigenvalue weighted by Gasteiger charge is -2.13. The van der Waals surface area contributed by atoms with E-state index in [0.717, 1.165) is 13.0 Å². The molecule has 2 nitrogen and oxygen atoms in total. The van der Waals surface area contributed by atoms with Crippen LogP contribution in [0, 0.1) is 0 Å². The van der Waals surface area contributed by atoms with Gasteiger partial charge >= 0.3 is 0 Å². The molecule has 0 amide bonds. The normalized spacial score (nSPS) is 11.6. The van der Waals surface area contributed by atoms with Crippen molar-refractivity contribution in [2.45, 2.75) is 11.3 Å². The van der Waals surface area contributed by atoms with Gasteiger partial charge in [0.05, 0.1) is 0 Å². The van der Waals surface area contributed by atoms with Crippen molar-refractivity contribution in [3.05, 3.63) is 30.0 Å². The number of benzene rings is 1. The molecule has 1 aromatic carbocycles. The Morgan fingerprint density at radius 1 is 1.33 bits per heavy atom. The number of aromatic nitrogens is 1. The Hall–Kier alpha value is -1.00. The topological polar surface area (TPSA) is 19.0 Å². The first-order valence-corrected chi connectivity index (χ1v) is 7.35. The van der Waals surface area contributed by atoms with Gasteiger partial charge in [-0.05, 0) is 43.5 Å². The second-order valence-corrected chi connectivity index (χ2v) is 5.35. The van der Waals surface area contributed by atoms with Crippen LogP contribution in [-0.2, 0) is 6.42 Å². The summed E-state index contributed by atoms with van der Waals surface area (Å²) in [7, 11) is 1.96. The summed E-state index contributed by atoms with van der Waals surface area (Å²) in [5.41, 5.74) is 2.49. The van der Waals surface area contributed by atoms with Crippen LogP contribution in [-0.4, -0.2) is 43.0 Å². The molecule has 0 spiro atoms. The lowest BCUT2D eigenvalue weighted by atomic mass is 10.1. The van der Waals surface area contributed by atoms with Crippen molar-refractivity contribution in [3.63, 3.8) is 0 Å².